The highest BCUT2D eigenvalue weighted by molar-refractivity contribution is 5.96. The quantitative estimate of drug-likeness (QED) is 0.562. The fraction of sp³-hybridized carbons (Fsp3) is 0.300. The molecule has 1 amide bonds. The van der Waals surface area contributed by atoms with E-state index in [1.54, 1.807) is 4.90 Å². The summed E-state index contributed by atoms with van der Waals surface area (Å²) in [6.07, 6.45) is 0.985. The number of likely N-dealkylation sites (N-methyl/N-ethyl adjacent to an activating group) is 1. The molecule has 1 aliphatic rings. The van der Waals surface area contributed by atoms with Crippen molar-refractivity contribution in [1.82, 2.24) is 4.90 Å². The van der Waals surface area contributed by atoms with Gasteiger partial charge in [0.15, 0.2) is 0 Å². The van der Waals surface area contributed by atoms with Gasteiger partial charge in [-0.25, -0.2) is 0 Å². The molecular formula is C10H11NO. The predicted octanol–water partition coefficient (Wildman–Crippen LogP) is 1.31. The normalized spacial score (nSPS) is 16.1. The third-order valence-electron chi connectivity index (χ3n) is 2.31. The number of carbonyl (C=O) groups is 1. The number of rotatable bonds is 0. The van der Waals surface area contributed by atoms with Crippen molar-refractivity contribution in [2.45, 2.75) is 6.42 Å². The van der Waals surface area contributed by atoms with Crippen LogP contribution >= 0.6 is 0 Å². The molecule has 0 saturated carbocycles. The standard InChI is InChI=1S/C10H11NO/c1-11-7-6-8-4-2-3-5-9(8)10(11)12/h2-5H,6-7H2,1H3. The summed E-state index contributed by atoms with van der Waals surface area (Å²) in [4.78, 5) is 13.3. The zero-order valence-corrected chi connectivity index (χ0v) is 7.08. The maximum Gasteiger partial charge on any atom is 0.253 e. The van der Waals surface area contributed by atoms with Crippen LogP contribution in [0, 0.1) is 0 Å². The van der Waals surface area contributed by atoms with Crippen molar-refractivity contribution in [3.05, 3.63) is 35.4 Å². The third kappa shape index (κ3) is 0.998. The average Bonchev–Trinajstić information content (AvgIpc) is 2.12. The maximum atomic E-state index is 11.5. The Morgan fingerprint density at radius 1 is 1.33 bits per heavy atom. The molecule has 1 aliphatic heterocycles. The Hall–Kier alpha value is -1.31. The van der Waals surface area contributed by atoms with E-state index in [1.165, 1.54) is 5.56 Å². The molecule has 0 N–H and O–H groups in total. The number of fused-ring (bicyclic) bond motifs is 1. The largest absolute Gasteiger partial charge is 0.341 e. The maximum absolute atomic E-state index is 11.5. The van der Waals surface area contributed by atoms with E-state index >= 15 is 0 Å². The van der Waals surface area contributed by atoms with Crippen LogP contribution < -0.4 is 0 Å². The van der Waals surface area contributed by atoms with Crippen LogP contribution in [0.1, 0.15) is 15.9 Å². The second-order valence-electron chi connectivity index (χ2n) is 3.13. The Bertz CT molecular complexity index is 319. The first-order valence-electron chi connectivity index (χ1n) is 4.12. The monoisotopic (exact) mass is 161 g/mol. The summed E-state index contributed by atoms with van der Waals surface area (Å²) in [5, 5.41) is 0. The molecule has 1 heterocycles. The van der Waals surface area contributed by atoms with Crippen LogP contribution in [0.2, 0.25) is 0 Å². The lowest BCUT2D eigenvalue weighted by Gasteiger charge is -2.24. The highest BCUT2D eigenvalue weighted by Gasteiger charge is 2.19. The van der Waals surface area contributed by atoms with Crippen LogP contribution in [-0.2, 0) is 6.42 Å². The molecule has 2 rings (SSSR count). The fourth-order valence-electron chi connectivity index (χ4n) is 1.54. The highest BCUT2D eigenvalue weighted by Crippen LogP contribution is 2.16. The molecular weight excluding hydrogens is 150 g/mol. The van der Waals surface area contributed by atoms with E-state index in [1.807, 2.05) is 31.3 Å². The molecule has 0 radical (unpaired) electrons. The first-order chi connectivity index (χ1) is 5.79. The summed E-state index contributed by atoms with van der Waals surface area (Å²) in [5.41, 5.74) is 2.05. The van der Waals surface area contributed by atoms with Gasteiger partial charge < -0.3 is 4.90 Å². The lowest BCUT2D eigenvalue weighted by atomic mass is 10.00. The summed E-state index contributed by atoms with van der Waals surface area (Å²) in [6, 6.07) is 7.82. The van der Waals surface area contributed by atoms with Crippen molar-refractivity contribution in [1.29, 1.82) is 0 Å². The number of hydrogen-bond acceptors (Lipinski definition) is 1. The van der Waals surface area contributed by atoms with Crippen LogP contribution in [0.4, 0.5) is 0 Å². The number of carbonyl (C=O) groups excluding carboxylic acids is 1. The predicted molar refractivity (Wildman–Crippen MR) is 47.1 cm³/mol. The second-order valence-corrected chi connectivity index (χ2v) is 3.13. The van der Waals surface area contributed by atoms with Gasteiger partial charge in [-0.1, -0.05) is 18.2 Å². The molecule has 12 heavy (non-hydrogen) atoms. The van der Waals surface area contributed by atoms with Crippen molar-refractivity contribution in [2.75, 3.05) is 13.6 Å². The van der Waals surface area contributed by atoms with Crippen LogP contribution in [0.25, 0.3) is 0 Å². The van der Waals surface area contributed by atoms with Crippen molar-refractivity contribution in [3.63, 3.8) is 0 Å². The average molecular weight is 161 g/mol. The lowest BCUT2D eigenvalue weighted by molar-refractivity contribution is 0.0781. The Kier molecular flexibility index (Phi) is 1.61. The molecule has 1 aromatic carbocycles. The third-order valence-corrected chi connectivity index (χ3v) is 2.31. The minimum atomic E-state index is 0.150. The molecule has 0 aromatic heterocycles. The zero-order chi connectivity index (χ0) is 8.55. The van der Waals surface area contributed by atoms with Crippen LogP contribution in [0.15, 0.2) is 24.3 Å². The minimum Gasteiger partial charge on any atom is -0.341 e. The molecule has 0 spiro atoms. The van der Waals surface area contributed by atoms with Gasteiger partial charge in [0.1, 0.15) is 0 Å². The Morgan fingerprint density at radius 3 is 2.92 bits per heavy atom. The summed E-state index contributed by atoms with van der Waals surface area (Å²) < 4.78 is 0. The van der Waals surface area contributed by atoms with E-state index in [-0.39, 0.29) is 5.91 Å². The van der Waals surface area contributed by atoms with Crippen molar-refractivity contribution in [3.8, 4) is 0 Å². The molecule has 2 nitrogen and oxygen atoms in total. The second kappa shape index (κ2) is 2.63. The smallest absolute Gasteiger partial charge is 0.253 e. The van der Waals surface area contributed by atoms with Gasteiger partial charge in [-0.05, 0) is 18.1 Å². The first-order valence-corrected chi connectivity index (χ1v) is 4.12. The molecule has 0 atom stereocenters. The fourth-order valence-corrected chi connectivity index (χ4v) is 1.54. The number of amides is 1. The van der Waals surface area contributed by atoms with E-state index < -0.39 is 0 Å². The lowest BCUT2D eigenvalue weighted by Crippen LogP contribution is -2.33. The van der Waals surface area contributed by atoms with E-state index in [9.17, 15) is 4.79 Å². The van der Waals surface area contributed by atoms with Crippen LogP contribution in [0.3, 0.4) is 0 Å². The minimum absolute atomic E-state index is 0.150. The molecule has 62 valence electrons. The summed E-state index contributed by atoms with van der Waals surface area (Å²) in [5.74, 6) is 0.150. The van der Waals surface area contributed by atoms with Gasteiger partial charge >= 0.3 is 0 Å². The van der Waals surface area contributed by atoms with Gasteiger partial charge in [0.2, 0.25) is 0 Å². The van der Waals surface area contributed by atoms with Gasteiger partial charge in [-0.3, -0.25) is 4.79 Å². The highest BCUT2D eigenvalue weighted by atomic mass is 16.2. The Labute approximate surface area is 71.8 Å². The summed E-state index contributed by atoms with van der Waals surface area (Å²) in [7, 11) is 1.85. The molecule has 1 aromatic rings. The molecule has 0 fully saturated rings. The molecule has 0 saturated heterocycles. The van der Waals surface area contributed by atoms with Crippen LogP contribution in [0.5, 0.6) is 0 Å². The number of hydrogen-bond donors (Lipinski definition) is 0. The van der Waals surface area contributed by atoms with Gasteiger partial charge in [0.05, 0.1) is 0 Å². The topological polar surface area (TPSA) is 20.3 Å². The number of benzene rings is 1. The van der Waals surface area contributed by atoms with Crippen LogP contribution in [-0.4, -0.2) is 24.4 Å². The van der Waals surface area contributed by atoms with Crippen molar-refractivity contribution < 1.29 is 4.79 Å². The van der Waals surface area contributed by atoms with Gasteiger partial charge in [0, 0.05) is 19.2 Å². The van der Waals surface area contributed by atoms with E-state index in [0.717, 1.165) is 18.5 Å². The van der Waals surface area contributed by atoms with Gasteiger partial charge in [0.25, 0.3) is 5.91 Å². The van der Waals surface area contributed by atoms with Gasteiger partial charge in [-0.15, -0.1) is 0 Å². The van der Waals surface area contributed by atoms with Gasteiger partial charge in [-0.2, -0.15) is 0 Å². The van der Waals surface area contributed by atoms with Crippen molar-refractivity contribution >= 4 is 5.91 Å². The SMILES string of the molecule is CN1CCc2ccccc2C1=O. The number of nitrogens with zero attached hydrogens (tertiary/aromatic N) is 1. The Balaban J connectivity index is 2.49. The molecule has 0 aliphatic carbocycles. The first kappa shape index (κ1) is 7.35. The summed E-state index contributed by atoms with van der Waals surface area (Å²) in [6.45, 7) is 0.843. The van der Waals surface area contributed by atoms with E-state index in [2.05, 4.69) is 0 Å². The molecule has 0 unspecified atom stereocenters. The van der Waals surface area contributed by atoms with Crippen molar-refractivity contribution in [2.24, 2.45) is 0 Å². The summed E-state index contributed by atoms with van der Waals surface area (Å²) >= 11 is 0. The van der Waals surface area contributed by atoms with E-state index in [0.29, 0.717) is 0 Å². The van der Waals surface area contributed by atoms with E-state index in [4.69, 9.17) is 0 Å². The zero-order valence-electron chi connectivity index (χ0n) is 7.08. The molecule has 2 heteroatoms. The molecule has 0 bridgehead atoms. The Morgan fingerprint density at radius 2 is 2.08 bits per heavy atom.